The first-order valence-corrected chi connectivity index (χ1v) is 8.20. The minimum atomic E-state index is -3.83. The van der Waals surface area contributed by atoms with Crippen LogP contribution in [-0.2, 0) is 14.8 Å². The number of carboxylic acid groups (broad SMARTS) is 1. The van der Waals surface area contributed by atoms with Crippen molar-refractivity contribution >= 4 is 26.8 Å². The minimum absolute atomic E-state index is 0.0908. The maximum Gasteiger partial charge on any atom is 0.322 e. The van der Waals surface area contributed by atoms with Gasteiger partial charge in [0, 0.05) is 0 Å². The lowest BCUT2D eigenvalue weighted by Crippen LogP contribution is -2.42. The molecule has 0 amide bonds. The maximum absolute atomic E-state index is 12.3. The van der Waals surface area contributed by atoms with Crippen LogP contribution >= 0.6 is 0 Å². The summed E-state index contributed by atoms with van der Waals surface area (Å²) in [5.41, 5.74) is 0. The molecule has 0 saturated heterocycles. The molecule has 1 fully saturated rings. The lowest BCUT2D eigenvalue weighted by molar-refractivity contribution is -0.139. The number of rotatable bonds is 5. The Hall–Kier alpha value is -1.92. The van der Waals surface area contributed by atoms with Crippen LogP contribution in [0.15, 0.2) is 47.4 Å². The second-order valence-corrected chi connectivity index (χ2v) is 7.00. The van der Waals surface area contributed by atoms with Crippen LogP contribution in [0.25, 0.3) is 10.8 Å². The summed E-state index contributed by atoms with van der Waals surface area (Å²) >= 11 is 0. The SMILES string of the molecule is O=C(O)C(NS(=O)(=O)c1ccc2ccccc2c1)C1CC1. The minimum Gasteiger partial charge on any atom is -0.480 e. The number of benzene rings is 2. The molecule has 3 rings (SSSR count). The Balaban J connectivity index is 1.93. The molecule has 0 spiro atoms. The highest BCUT2D eigenvalue weighted by Crippen LogP contribution is 2.33. The fraction of sp³-hybridized carbons (Fsp3) is 0.267. The molecule has 1 aliphatic rings. The Morgan fingerprint density at radius 2 is 1.81 bits per heavy atom. The standard InChI is InChI=1S/C15H15NO4S/c17-15(18)14(11-5-6-11)16-21(19,20)13-8-7-10-3-1-2-4-12(10)9-13/h1-4,7-9,11,14,16H,5-6H2,(H,17,18). The highest BCUT2D eigenvalue weighted by molar-refractivity contribution is 7.89. The Bertz CT molecular complexity index is 796. The van der Waals surface area contributed by atoms with E-state index in [1.54, 1.807) is 12.1 Å². The van der Waals surface area contributed by atoms with E-state index in [1.165, 1.54) is 6.07 Å². The van der Waals surface area contributed by atoms with Gasteiger partial charge in [0.2, 0.25) is 10.0 Å². The summed E-state index contributed by atoms with van der Waals surface area (Å²) in [6, 6.07) is 11.2. The zero-order valence-electron chi connectivity index (χ0n) is 11.2. The van der Waals surface area contributed by atoms with Crippen molar-refractivity contribution in [2.75, 3.05) is 0 Å². The predicted molar refractivity (Wildman–Crippen MR) is 78.4 cm³/mol. The number of sulfonamides is 1. The first kappa shape index (κ1) is 14.0. The summed E-state index contributed by atoms with van der Waals surface area (Å²) in [5.74, 6) is -1.22. The van der Waals surface area contributed by atoms with Gasteiger partial charge in [-0.15, -0.1) is 0 Å². The molecule has 21 heavy (non-hydrogen) atoms. The molecule has 2 N–H and O–H groups in total. The molecule has 1 unspecified atom stereocenters. The largest absolute Gasteiger partial charge is 0.480 e. The number of aliphatic carboxylic acids is 1. The van der Waals surface area contributed by atoms with Gasteiger partial charge in [-0.2, -0.15) is 4.72 Å². The van der Waals surface area contributed by atoms with Crippen molar-refractivity contribution in [3.8, 4) is 0 Å². The van der Waals surface area contributed by atoms with Crippen molar-refractivity contribution in [1.82, 2.24) is 4.72 Å². The molecule has 1 aliphatic carbocycles. The zero-order valence-corrected chi connectivity index (χ0v) is 12.0. The average Bonchev–Trinajstić information content (AvgIpc) is 3.28. The number of fused-ring (bicyclic) bond motifs is 1. The van der Waals surface area contributed by atoms with Crippen LogP contribution in [0.4, 0.5) is 0 Å². The normalized spacial score (nSPS) is 16.8. The molecule has 2 aromatic carbocycles. The number of carboxylic acids is 1. The average molecular weight is 305 g/mol. The summed E-state index contributed by atoms with van der Waals surface area (Å²) in [6.07, 6.45) is 1.49. The molecule has 2 aromatic rings. The van der Waals surface area contributed by atoms with Crippen LogP contribution in [0.2, 0.25) is 0 Å². The van der Waals surface area contributed by atoms with Crippen LogP contribution in [0, 0.1) is 5.92 Å². The quantitative estimate of drug-likeness (QED) is 0.884. The third-order valence-electron chi connectivity index (χ3n) is 3.67. The number of nitrogens with one attached hydrogen (secondary N) is 1. The molecular formula is C15H15NO4S. The van der Waals surface area contributed by atoms with Gasteiger partial charge in [-0.1, -0.05) is 30.3 Å². The number of hydrogen-bond donors (Lipinski definition) is 2. The van der Waals surface area contributed by atoms with Crippen molar-refractivity contribution < 1.29 is 18.3 Å². The van der Waals surface area contributed by atoms with Crippen molar-refractivity contribution in [1.29, 1.82) is 0 Å². The second kappa shape index (κ2) is 5.13. The van der Waals surface area contributed by atoms with Crippen molar-refractivity contribution in [2.45, 2.75) is 23.8 Å². The molecule has 1 atom stereocenters. The number of hydrogen-bond acceptors (Lipinski definition) is 3. The summed E-state index contributed by atoms with van der Waals surface area (Å²) < 4.78 is 27.0. The van der Waals surface area contributed by atoms with E-state index >= 15 is 0 Å². The van der Waals surface area contributed by atoms with E-state index < -0.39 is 22.0 Å². The predicted octanol–water partition coefficient (Wildman–Crippen LogP) is 1.98. The van der Waals surface area contributed by atoms with Crippen molar-refractivity contribution in [3.63, 3.8) is 0 Å². The molecule has 0 aliphatic heterocycles. The smallest absolute Gasteiger partial charge is 0.322 e. The van der Waals surface area contributed by atoms with Crippen LogP contribution in [-0.4, -0.2) is 25.5 Å². The molecule has 0 heterocycles. The van der Waals surface area contributed by atoms with Gasteiger partial charge in [0.05, 0.1) is 4.90 Å². The molecule has 5 nitrogen and oxygen atoms in total. The highest BCUT2D eigenvalue weighted by atomic mass is 32.2. The van der Waals surface area contributed by atoms with Gasteiger partial charge in [-0.05, 0) is 41.7 Å². The molecule has 0 bridgehead atoms. The fourth-order valence-electron chi connectivity index (χ4n) is 2.35. The van der Waals surface area contributed by atoms with E-state index in [1.807, 2.05) is 24.3 Å². The van der Waals surface area contributed by atoms with Gasteiger partial charge in [0.15, 0.2) is 0 Å². The van der Waals surface area contributed by atoms with E-state index in [4.69, 9.17) is 5.11 Å². The fourth-order valence-corrected chi connectivity index (χ4v) is 3.64. The molecule has 0 radical (unpaired) electrons. The van der Waals surface area contributed by atoms with E-state index in [-0.39, 0.29) is 10.8 Å². The van der Waals surface area contributed by atoms with Crippen LogP contribution < -0.4 is 4.72 Å². The maximum atomic E-state index is 12.3. The van der Waals surface area contributed by atoms with Gasteiger partial charge in [0.25, 0.3) is 0 Å². The first-order chi connectivity index (χ1) is 9.97. The number of carbonyl (C=O) groups is 1. The lowest BCUT2D eigenvalue weighted by atomic mass is 10.1. The third-order valence-corrected chi connectivity index (χ3v) is 5.11. The highest BCUT2D eigenvalue weighted by Gasteiger charge is 2.39. The van der Waals surface area contributed by atoms with E-state index in [0.717, 1.165) is 23.6 Å². The molecule has 110 valence electrons. The van der Waals surface area contributed by atoms with E-state index in [9.17, 15) is 13.2 Å². The summed E-state index contributed by atoms with van der Waals surface area (Å²) in [7, 11) is -3.83. The van der Waals surface area contributed by atoms with Gasteiger partial charge < -0.3 is 5.11 Å². The van der Waals surface area contributed by atoms with E-state index in [2.05, 4.69) is 4.72 Å². The summed E-state index contributed by atoms with van der Waals surface area (Å²) in [5, 5.41) is 10.9. The molecule has 1 saturated carbocycles. The van der Waals surface area contributed by atoms with Crippen LogP contribution in [0.1, 0.15) is 12.8 Å². The molecule has 6 heteroatoms. The molecular weight excluding hydrogens is 290 g/mol. The van der Waals surface area contributed by atoms with Gasteiger partial charge in [-0.25, -0.2) is 8.42 Å². The second-order valence-electron chi connectivity index (χ2n) is 5.28. The Labute approximate surface area is 122 Å². The Kier molecular flexibility index (Phi) is 3.43. The summed E-state index contributed by atoms with van der Waals surface area (Å²) in [6.45, 7) is 0. The Morgan fingerprint density at radius 3 is 2.43 bits per heavy atom. The van der Waals surface area contributed by atoms with Crippen molar-refractivity contribution in [2.24, 2.45) is 5.92 Å². The van der Waals surface area contributed by atoms with Gasteiger partial charge in [0.1, 0.15) is 6.04 Å². The first-order valence-electron chi connectivity index (χ1n) is 6.71. The van der Waals surface area contributed by atoms with Gasteiger partial charge >= 0.3 is 5.97 Å². The zero-order chi connectivity index (χ0) is 15.0. The topological polar surface area (TPSA) is 83.5 Å². The van der Waals surface area contributed by atoms with Crippen LogP contribution in [0.5, 0.6) is 0 Å². The summed E-state index contributed by atoms with van der Waals surface area (Å²) in [4.78, 5) is 11.3. The molecule has 0 aromatic heterocycles. The Morgan fingerprint density at radius 1 is 1.14 bits per heavy atom. The third kappa shape index (κ3) is 2.91. The monoisotopic (exact) mass is 305 g/mol. The van der Waals surface area contributed by atoms with Crippen molar-refractivity contribution in [3.05, 3.63) is 42.5 Å². The lowest BCUT2D eigenvalue weighted by Gasteiger charge is -2.14. The van der Waals surface area contributed by atoms with E-state index in [0.29, 0.717) is 0 Å². The van der Waals surface area contributed by atoms with Crippen LogP contribution in [0.3, 0.4) is 0 Å². The van der Waals surface area contributed by atoms with Gasteiger partial charge in [-0.3, -0.25) is 4.79 Å².